The molecular weight excluding hydrogens is 314 g/mol. The van der Waals surface area contributed by atoms with Crippen LogP contribution in [0.3, 0.4) is 0 Å². The smallest absolute Gasteiger partial charge is 0.155 e. The van der Waals surface area contributed by atoms with Crippen LogP contribution in [0.25, 0.3) is 10.9 Å². The van der Waals surface area contributed by atoms with Crippen molar-refractivity contribution in [2.24, 2.45) is 0 Å². The predicted molar refractivity (Wildman–Crippen MR) is 96.2 cm³/mol. The highest BCUT2D eigenvalue weighted by Crippen LogP contribution is 2.24. The van der Waals surface area contributed by atoms with Gasteiger partial charge >= 0.3 is 0 Å². The second kappa shape index (κ2) is 6.90. The minimum Gasteiger partial charge on any atom is -0.368 e. The van der Waals surface area contributed by atoms with Gasteiger partial charge in [-0.3, -0.25) is 15.0 Å². The molecule has 1 aliphatic rings. The van der Waals surface area contributed by atoms with E-state index in [0.717, 1.165) is 36.8 Å². The molecule has 1 aromatic carbocycles. The highest BCUT2D eigenvalue weighted by molar-refractivity contribution is 5.81. The number of rotatable bonds is 4. The van der Waals surface area contributed by atoms with Crippen LogP contribution in [-0.4, -0.2) is 44.8 Å². The van der Waals surface area contributed by atoms with Crippen LogP contribution in [0.15, 0.2) is 36.5 Å². The van der Waals surface area contributed by atoms with Crippen molar-refractivity contribution in [3.63, 3.8) is 0 Å². The summed E-state index contributed by atoms with van der Waals surface area (Å²) in [5.74, 6) is 1.98. The highest BCUT2D eigenvalue weighted by Gasteiger charge is 2.25. The Labute approximate surface area is 147 Å². The summed E-state index contributed by atoms with van der Waals surface area (Å²) in [6.07, 6.45) is 1.80. The Morgan fingerprint density at radius 2 is 2.16 bits per heavy atom. The van der Waals surface area contributed by atoms with Crippen molar-refractivity contribution in [1.82, 2.24) is 25.1 Å². The van der Waals surface area contributed by atoms with Gasteiger partial charge in [-0.15, -0.1) is 0 Å². The molecule has 0 amide bonds. The summed E-state index contributed by atoms with van der Waals surface area (Å²) in [5.41, 5.74) is 2.33. The zero-order valence-electron chi connectivity index (χ0n) is 14.6. The van der Waals surface area contributed by atoms with Crippen molar-refractivity contribution in [3.8, 4) is 0 Å². The van der Waals surface area contributed by atoms with Crippen LogP contribution in [0.2, 0.25) is 0 Å². The second-order valence-electron chi connectivity index (χ2n) is 6.82. The van der Waals surface area contributed by atoms with Crippen molar-refractivity contribution < 1.29 is 4.74 Å². The van der Waals surface area contributed by atoms with Crippen molar-refractivity contribution in [1.29, 1.82) is 0 Å². The number of nitrogens with zero attached hydrogens (tertiary/aromatic N) is 4. The second-order valence-corrected chi connectivity index (χ2v) is 6.82. The van der Waals surface area contributed by atoms with Crippen LogP contribution in [0.5, 0.6) is 0 Å². The zero-order chi connectivity index (χ0) is 17.2. The van der Waals surface area contributed by atoms with Gasteiger partial charge in [0.2, 0.25) is 0 Å². The van der Waals surface area contributed by atoms with E-state index >= 15 is 0 Å². The van der Waals surface area contributed by atoms with Gasteiger partial charge in [0.05, 0.1) is 12.1 Å². The number of fused-ring (bicyclic) bond motifs is 1. The quantitative estimate of drug-likeness (QED) is 0.792. The lowest BCUT2D eigenvalue weighted by Crippen LogP contribution is -2.38. The maximum atomic E-state index is 5.92. The number of H-pyrrole nitrogens is 1. The lowest BCUT2D eigenvalue weighted by atomic mass is 10.1. The summed E-state index contributed by atoms with van der Waals surface area (Å²) in [7, 11) is 0. The minimum atomic E-state index is -0.0586. The largest absolute Gasteiger partial charge is 0.368 e. The maximum Gasteiger partial charge on any atom is 0.155 e. The lowest BCUT2D eigenvalue weighted by Gasteiger charge is -2.32. The molecule has 0 aliphatic carbocycles. The van der Waals surface area contributed by atoms with E-state index < -0.39 is 0 Å². The topological polar surface area (TPSA) is 66.9 Å². The summed E-state index contributed by atoms with van der Waals surface area (Å²) >= 11 is 0. The van der Waals surface area contributed by atoms with E-state index in [0.29, 0.717) is 12.5 Å². The van der Waals surface area contributed by atoms with E-state index in [4.69, 9.17) is 4.74 Å². The fraction of sp³-hybridized carbons (Fsp3) is 0.421. The molecule has 0 unspecified atom stereocenters. The van der Waals surface area contributed by atoms with E-state index in [1.165, 1.54) is 10.9 Å². The molecule has 1 N–H and O–H groups in total. The molecule has 1 atom stereocenters. The summed E-state index contributed by atoms with van der Waals surface area (Å²) in [5, 5.41) is 8.52. The number of morpholine rings is 1. The van der Waals surface area contributed by atoms with Crippen molar-refractivity contribution in [2.75, 3.05) is 19.7 Å². The molecule has 6 nitrogen and oxygen atoms in total. The Morgan fingerprint density at radius 3 is 3.00 bits per heavy atom. The van der Waals surface area contributed by atoms with Gasteiger partial charge in [-0.2, -0.15) is 5.10 Å². The maximum absolute atomic E-state index is 5.92. The molecule has 0 spiro atoms. The van der Waals surface area contributed by atoms with Gasteiger partial charge < -0.3 is 4.74 Å². The van der Waals surface area contributed by atoms with Crippen LogP contribution in [0.4, 0.5) is 0 Å². The number of para-hydroxylation sites is 1. The van der Waals surface area contributed by atoms with Gasteiger partial charge in [-0.1, -0.05) is 38.1 Å². The van der Waals surface area contributed by atoms with Crippen LogP contribution in [0, 0.1) is 0 Å². The first-order chi connectivity index (χ1) is 12.2. The number of pyridine rings is 1. The summed E-state index contributed by atoms with van der Waals surface area (Å²) in [6, 6.07) is 10.5. The van der Waals surface area contributed by atoms with E-state index in [2.05, 4.69) is 63.2 Å². The molecule has 130 valence electrons. The summed E-state index contributed by atoms with van der Waals surface area (Å²) in [6.45, 7) is 7.45. The number of benzene rings is 1. The standard InChI is InChI=1S/C19H23N5O/c1-13(2)18-21-19(23-22-18)16-12-24(9-10-25-16)11-15-6-3-5-14-7-4-8-20-17(14)15/h3-8,13,16H,9-12H2,1-2H3,(H,21,22,23)/t16-/m0/s1. The van der Waals surface area contributed by atoms with Gasteiger partial charge in [0, 0.05) is 37.1 Å². The van der Waals surface area contributed by atoms with Gasteiger partial charge in [-0.05, 0) is 11.6 Å². The van der Waals surface area contributed by atoms with Crippen LogP contribution in [-0.2, 0) is 11.3 Å². The van der Waals surface area contributed by atoms with Crippen molar-refractivity contribution in [3.05, 3.63) is 53.7 Å². The molecular formula is C19H23N5O. The fourth-order valence-electron chi connectivity index (χ4n) is 3.24. The first kappa shape index (κ1) is 16.2. The van der Waals surface area contributed by atoms with Gasteiger partial charge in [0.1, 0.15) is 6.10 Å². The molecule has 25 heavy (non-hydrogen) atoms. The van der Waals surface area contributed by atoms with Crippen LogP contribution < -0.4 is 0 Å². The first-order valence-electron chi connectivity index (χ1n) is 8.79. The number of nitrogens with one attached hydrogen (secondary N) is 1. The van der Waals surface area contributed by atoms with E-state index in [-0.39, 0.29) is 6.10 Å². The van der Waals surface area contributed by atoms with Crippen LogP contribution >= 0.6 is 0 Å². The first-order valence-corrected chi connectivity index (χ1v) is 8.79. The highest BCUT2D eigenvalue weighted by atomic mass is 16.5. The molecule has 1 aliphatic heterocycles. The number of hydrogen-bond donors (Lipinski definition) is 1. The summed E-state index contributed by atoms with van der Waals surface area (Å²) in [4.78, 5) is 11.6. The Hall–Kier alpha value is -2.31. The van der Waals surface area contributed by atoms with E-state index in [1.54, 1.807) is 0 Å². The van der Waals surface area contributed by atoms with Crippen molar-refractivity contribution >= 4 is 10.9 Å². The molecule has 3 aromatic rings. The molecule has 0 bridgehead atoms. The Bertz CT molecular complexity index is 854. The normalized spacial score (nSPS) is 18.9. The molecule has 3 heterocycles. The molecule has 0 radical (unpaired) electrons. The number of hydrogen-bond acceptors (Lipinski definition) is 5. The van der Waals surface area contributed by atoms with E-state index in [9.17, 15) is 0 Å². The lowest BCUT2D eigenvalue weighted by molar-refractivity contribution is -0.0369. The Kier molecular flexibility index (Phi) is 4.46. The van der Waals surface area contributed by atoms with Crippen molar-refractivity contribution in [2.45, 2.75) is 32.4 Å². The predicted octanol–water partition coefficient (Wildman–Crippen LogP) is 3.05. The molecule has 1 fully saturated rings. The third kappa shape index (κ3) is 3.41. The van der Waals surface area contributed by atoms with Gasteiger partial charge in [0.15, 0.2) is 11.6 Å². The molecule has 1 saturated heterocycles. The molecule has 0 saturated carbocycles. The van der Waals surface area contributed by atoms with Gasteiger partial charge in [-0.25, -0.2) is 4.98 Å². The average Bonchev–Trinajstić information content (AvgIpc) is 3.13. The third-order valence-corrected chi connectivity index (χ3v) is 4.60. The summed E-state index contributed by atoms with van der Waals surface area (Å²) < 4.78 is 5.92. The monoisotopic (exact) mass is 337 g/mol. The van der Waals surface area contributed by atoms with Gasteiger partial charge in [0.25, 0.3) is 0 Å². The number of aromatic nitrogens is 4. The molecule has 6 heteroatoms. The molecule has 4 rings (SSSR count). The van der Waals surface area contributed by atoms with Crippen LogP contribution in [0.1, 0.15) is 43.1 Å². The Morgan fingerprint density at radius 1 is 1.28 bits per heavy atom. The number of ether oxygens (including phenoxy) is 1. The van der Waals surface area contributed by atoms with E-state index in [1.807, 2.05) is 12.3 Å². The molecule has 2 aromatic heterocycles. The SMILES string of the molecule is CC(C)c1n[nH]c([C@@H]2CN(Cc3cccc4cccnc34)CCO2)n1. The number of aromatic amines is 1. The Balaban J connectivity index is 1.51. The fourth-order valence-corrected chi connectivity index (χ4v) is 3.24. The third-order valence-electron chi connectivity index (χ3n) is 4.60. The zero-order valence-corrected chi connectivity index (χ0v) is 14.6. The minimum absolute atomic E-state index is 0.0586. The average molecular weight is 337 g/mol.